The quantitative estimate of drug-likeness (QED) is 0.240. The van der Waals surface area contributed by atoms with Gasteiger partial charge in [-0.15, -0.1) is 0 Å². The maximum Gasteiger partial charge on any atom is 0.163 e. The van der Waals surface area contributed by atoms with Gasteiger partial charge in [0.25, 0.3) is 0 Å². The first-order valence-electron chi connectivity index (χ1n) is 12.2. The second-order valence-electron chi connectivity index (χ2n) is 8.81. The van der Waals surface area contributed by atoms with E-state index in [1.807, 2.05) is 54.6 Å². The number of Topliss-reactive ketones (excluding diaryl/α,β-unsaturated/α-hetero) is 1. The highest BCUT2D eigenvalue weighted by molar-refractivity contribution is 6.31. The molecule has 0 aliphatic rings. The molecular formula is C30H30ClN3O2. The van der Waals surface area contributed by atoms with Crippen molar-refractivity contribution in [3.63, 3.8) is 0 Å². The molecule has 1 aromatic heterocycles. The number of carbonyl (C=O) groups is 1. The van der Waals surface area contributed by atoms with Gasteiger partial charge in [-0.05, 0) is 54.5 Å². The summed E-state index contributed by atoms with van der Waals surface area (Å²) in [6.45, 7) is 6.47. The number of hydrogen-bond donors (Lipinski definition) is 2. The van der Waals surface area contributed by atoms with Crippen LogP contribution in [-0.2, 0) is 0 Å². The van der Waals surface area contributed by atoms with E-state index in [1.165, 1.54) is 0 Å². The molecule has 0 aliphatic carbocycles. The van der Waals surface area contributed by atoms with E-state index < -0.39 is 6.10 Å². The second-order valence-corrected chi connectivity index (χ2v) is 9.24. The van der Waals surface area contributed by atoms with Gasteiger partial charge >= 0.3 is 0 Å². The number of aliphatic hydroxyl groups is 1. The van der Waals surface area contributed by atoms with Crippen molar-refractivity contribution in [2.24, 2.45) is 0 Å². The molecule has 1 atom stereocenters. The number of nitrogens with two attached hydrogens (primary N) is 1. The number of rotatable bonds is 8. The Morgan fingerprint density at radius 3 is 2.56 bits per heavy atom. The van der Waals surface area contributed by atoms with Crippen molar-refractivity contribution in [3.8, 4) is 11.8 Å². The van der Waals surface area contributed by atoms with E-state index in [9.17, 15) is 9.90 Å². The molecule has 184 valence electrons. The molecule has 4 aromatic rings. The minimum atomic E-state index is -0.529. The second kappa shape index (κ2) is 11.5. The minimum absolute atomic E-state index is 0.0152. The number of ketones is 1. The summed E-state index contributed by atoms with van der Waals surface area (Å²) in [5, 5.41) is 14.5. The summed E-state index contributed by atoms with van der Waals surface area (Å²) in [5.41, 5.74) is 8.22. The molecule has 4 rings (SSSR count). The molecule has 3 aromatic carbocycles. The standard InChI is InChI=1S/C30H30ClN3O2/c1-3-34(4-2)19-23(35)13-16-29(36)26-14-10-20(24-7-5-6-8-25(24)26)11-15-27-28-17-22(31)12-9-21(28)18-33-30(27)32/h5-10,12,14,17-18,23,35H,3-4,13,16,19H2,1-2H3,(H2,32,33). The molecule has 1 unspecified atom stereocenters. The van der Waals surface area contributed by atoms with Gasteiger partial charge in [-0.1, -0.05) is 67.6 Å². The van der Waals surface area contributed by atoms with E-state index in [-0.39, 0.29) is 12.2 Å². The zero-order chi connectivity index (χ0) is 25.7. The lowest BCUT2D eigenvalue weighted by atomic mass is 9.95. The number of likely N-dealkylation sites (N-methyl/N-ethyl adjacent to an activating group) is 1. The van der Waals surface area contributed by atoms with Gasteiger partial charge < -0.3 is 15.7 Å². The Labute approximate surface area is 216 Å². The summed E-state index contributed by atoms with van der Waals surface area (Å²) >= 11 is 6.21. The van der Waals surface area contributed by atoms with E-state index in [1.54, 1.807) is 6.20 Å². The highest BCUT2D eigenvalue weighted by Gasteiger charge is 2.15. The van der Waals surface area contributed by atoms with Crippen LogP contribution in [0.5, 0.6) is 0 Å². The molecule has 0 amide bonds. The largest absolute Gasteiger partial charge is 0.392 e. The molecule has 36 heavy (non-hydrogen) atoms. The molecule has 0 radical (unpaired) electrons. The fourth-order valence-electron chi connectivity index (χ4n) is 4.42. The molecule has 1 heterocycles. The molecule has 5 nitrogen and oxygen atoms in total. The Balaban J connectivity index is 1.63. The summed E-state index contributed by atoms with van der Waals surface area (Å²) in [7, 11) is 0. The first-order valence-corrected chi connectivity index (χ1v) is 12.6. The predicted molar refractivity (Wildman–Crippen MR) is 148 cm³/mol. The molecule has 0 fully saturated rings. The molecule has 0 saturated heterocycles. The van der Waals surface area contributed by atoms with Crippen LogP contribution >= 0.6 is 11.6 Å². The van der Waals surface area contributed by atoms with E-state index >= 15 is 0 Å². The van der Waals surface area contributed by atoms with Gasteiger partial charge in [-0.3, -0.25) is 4.79 Å². The van der Waals surface area contributed by atoms with E-state index in [0.717, 1.165) is 40.2 Å². The maximum absolute atomic E-state index is 13.1. The van der Waals surface area contributed by atoms with Crippen LogP contribution in [0.1, 0.15) is 48.2 Å². The Kier molecular flexibility index (Phi) is 8.22. The van der Waals surface area contributed by atoms with Crippen LogP contribution in [0.4, 0.5) is 5.82 Å². The number of hydrogen-bond acceptors (Lipinski definition) is 5. The topological polar surface area (TPSA) is 79.5 Å². The highest BCUT2D eigenvalue weighted by Crippen LogP contribution is 2.27. The lowest BCUT2D eigenvalue weighted by Crippen LogP contribution is -2.32. The fraction of sp³-hybridized carbons (Fsp3) is 0.267. The summed E-state index contributed by atoms with van der Waals surface area (Å²) < 4.78 is 0. The first kappa shape index (κ1) is 25.7. The van der Waals surface area contributed by atoms with Crippen LogP contribution in [0.15, 0.2) is 60.8 Å². The maximum atomic E-state index is 13.1. The lowest BCUT2D eigenvalue weighted by molar-refractivity contribution is 0.0878. The smallest absolute Gasteiger partial charge is 0.163 e. The number of fused-ring (bicyclic) bond motifs is 2. The predicted octanol–water partition coefficient (Wildman–Crippen LogP) is 5.69. The number of halogens is 1. The van der Waals surface area contributed by atoms with Gasteiger partial charge in [0, 0.05) is 46.1 Å². The molecular weight excluding hydrogens is 470 g/mol. The van der Waals surface area contributed by atoms with Crippen molar-refractivity contribution in [2.75, 3.05) is 25.4 Å². The minimum Gasteiger partial charge on any atom is -0.392 e. The number of pyridine rings is 1. The third-order valence-electron chi connectivity index (χ3n) is 6.50. The van der Waals surface area contributed by atoms with Crippen LogP contribution in [0, 0.1) is 11.8 Å². The van der Waals surface area contributed by atoms with Crippen molar-refractivity contribution < 1.29 is 9.90 Å². The molecule has 6 heteroatoms. The zero-order valence-corrected chi connectivity index (χ0v) is 21.3. The number of anilines is 1. The van der Waals surface area contributed by atoms with Gasteiger partial charge in [0.1, 0.15) is 5.82 Å². The molecule has 0 saturated carbocycles. The average Bonchev–Trinajstić information content (AvgIpc) is 2.89. The van der Waals surface area contributed by atoms with Gasteiger partial charge in [0.05, 0.1) is 11.7 Å². The number of carbonyl (C=O) groups excluding carboxylic acids is 1. The Morgan fingerprint density at radius 2 is 1.81 bits per heavy atom. The monoisotopic (exact) mass is 499 g/mol. The number of aliphatic hydroxyl groups excluding tert-OH is 1. The summed E-state index contributed by atoms with van der Waals surface area (Å²) in [6, 6.07) is 17.0. The highest BCUT2D eigenvalue weighted by atomic mass is 35.5. The van der Waals surface area contributed by atoms with Crippen molar-refractivity contribution in [3.05, 3.63) is 82.5 Å². The van der Waals surface area contributed by atoms with Crippen LogP contribution in [0.3, 0.4) is 0 Å². The molecule has 0 bridgehead atoms. The van der Waals surface area contributed by atoms with E-state index in [2.05, 4.69) is 35.6 Å². The summed E-state index contributed by atoms with van der Waals surface area (Å²) in [5.74, 6) is 6.79. The van der Waals surface area contributed by atoms with Gasteiger partial charge in [0.2, 0.25) is 0 Å². The zero-order valence-electron chi connectivity index (χ0n) is 20.6. The number of benzene rings is 3. The third kappa shape index (κ3) is 5.68. The van der Waals surface area contributed by atoms with Crippen LogP contribution < -0.4 is 5.73 Å². The molecule has 3 N–H and O–H groups in total. The van der Waals surface area contributed by atoms with Gasteiger partial charge in [0.15, 0.2) is 5.78 Å². The van der Waals surface area contributed by atoms with Crippen LogP contribution in [-0.4, -0.2) is 46.5 Å². The Bertz CT molecular complexity index is 1460. The Morgan fingerprint density at radius 1 is 1.06 bits per heavy atom. The van der Waals surface area contributed by atoms with Crippen molar-refractivity contribution >= 4 is 44.7 Å². The van der Waals surface area contributed by atoms with Crippen molar-refractivity contribution in [2.45, 2.75) is 32.8 Å². The molecule has 0 spiro atoms. The van der Waals surface area contributed by atoms with Gasteiger partial charge in [-0.25, -0.2) is 4.98 Å². The van der Waals surface area contributed by atoms with E-state index in [0.29, 0.717) is 34.9 Å². The average molecular weight is 500 g/mol. The summed E-state index contributed by atoms with van der Waals surface area (Å²) in [4.78, 5) is 19.5. The third-order valence-corrected chi connectivity index (χ3v) is 6.73. The number of nitrogen functional groups attached to an aromatic ring is 1. The SMILES string of the molecule is CCN(CC)CC(O)CCC(=O)c1ccc(C#Cc2c(N)ncc3ccc(Cl)cc23)c2ccccc12. The Hall–Kier alpha value is -3.43. The van der Waals surface area contributed by atoms with Crippen LogP contribution in [0.25, 0.3) is 21.5 Å². The first-order chi connectivity index (χ1) is 17.4. The molecule has 0 aliphatic heterocycles. The fourth-order valence-corrected chi connectivity index (χ4v) is 4.59. The number of aromatic nitrogens is 1. The lowest BCUT2D eigenvalue weighted by Gasteiger charge is -2.21. The number of nitrogens with zero attached hydrogens (tertiary/aromatic N) is 2. The normalized spacial score (nSPS) is 12.0. The van der Waals surface area contributed by atoms with Crippen molar-refractivity contribution in [1.82, 2.24) is 9.88 Å². The van der Waals surface area contributed by atoms with Crippen LogP contribution in [0.2, 0.25) is 5.02 Å². The van der Waals surface area contributed by atoms with E-state index in [4.69, 9.17) is 17.3 Å². The summed E-state index contributed by atoms with van der Waals surface area (Å²) in [6.07, 6.45) is 1.90. The van der Waals surface area contributed by atoms with Crippen molar-refractivity contribution in [1.29, 1.82) is 0 Å². The van der Waals surface area contributed by atoms with Gasteiger partial charge in [-0.2, -0.15) is 0 Å².